The highest BCUT2D eigenvalue weighted by molar-refractivity contribution is 7.86. The maximum Gasteiger partial charge on any atom is 0.133 e. The van der Waals surface area contributed by atoms with Gasteiger partial charge < -0.3 is 5.32 Å². The molecule has 0 spiro atoms. The summed E-state index contributed by atoms with van der Waals surface area (Å²) in [6.07, 6.45) is 4.23. The minimum absolute atomic E-state index is 0.0647. The van der Waals surface area contributed by atoms with Crippen molar-refractivity contribution in [1.29, 1.82) is 0 Å². The van der Waals surface area contributed by atoms with Crippen LogP contribution in [0.25, 0.3) is 11.1 Å². The average molecular weight is 361 g/mol. The van der Waals surface area contributed by atoms with Gasteiger partial charge in [0.2, 0.25) is 0 Å². The first kappa shape index (κ1) is 16.9. The van der Waals surface area contributed by atoms with Crippen LogP contribution in [0.4, 0.5) is 8.78 Å². The summed E-state index contributed by atoms with van der Waals surface area (Å²) in [5.74, 6) is -0.650. The number of hydrogen-bond donors (Lipinski definition) is 1. The van der Waals surface area contributed by atoms with Gasteiger partial charge in [0.1, 0.15) is 11.6 Å². The third-order valence-corrected chi connectivity index (χ3v) is 7.69. The lowest BCUT2D eigenvalue weighted by molar-refractivity contribution is 0.351. The molecule has 2 aromatic rings. The van der Waals surface area contributed by atoms with Gasteiger partial charge >= 0.3 is 0 Å². The molecule has 1 aliphatic heterocycles. The molecule has 1 atom stereocenters. The highest BCUT2D eigenvalue weighted by Crippen LogP contribution is 2.52. The van der Waals surface area contributed by atoms with E-state index in [2.05, 4.69) is 5.32 Å². The SMILES string of the molecule is O=S(c1ccc(-c2ccc(F)cc2F)cc1)C1(C2CCNCC2)CC1. The van der Waals surface area contributed by atoms with Crippen LogP contribution in [-0.4, -0.2) is 22.0 Å². The molecule has 1 unspecified atom stereocenters. The van der Waals surface area contributed by atoms with Crippen molar-refractivity contribution in [2.24, 2.45) is 5.92 Å². The van der Waals surface area contributed by atoms with E-state index in [0.717, 1.165) is 49.7 Å². The van der Waals surface area contributed by atoms with Crippen LogP contribution in [0.1, 0.15) is 25.7 Å². The second kappa shape index (κ2) is 6.61. The van der Waals surface area contributed by atoms with E-state index in [1.54, 1.807) is 12.1 Å². The predicted octanol–water partition coefficient (Wildman–Crippen LogP) is 4.27. The van der Waals surface area contributed by atoms with E-state index in [4.69, 9.17) is 0 Å². The quantitative estimate of drug-likeness (QED) is 0.881. The van der Waals surface area contributed by atoms with Crippen molar-refractivity contribution in [3.05, 3.63) is 54.1 Å². The van der Waals surface area contributed by atoms with Gasteiger partial charge in [-0.25, -0.2) is 8.78 Å². The Hall–Kier alpha value is -1.59. The topological polar surface area (TPSA) is 29.1 Å². The molecule has 2 nitrogen and oxygen atoms in total. The molecule has 1 N–H and O–H groups in total. The molecule has 5 heteroatoms. The summed E-state index contributed by atoms with van der Waals surface area (Å²) in [6.45, 7) is 2.01. The molecular weight excluding hydrogens is 340 g/mol. The third-order valence-electron chi connectivity index (χ3n) is 5.51. The molecular formula is C20H21F2NOS. The van der Waals surface area contributed by atoms with Crippen LogP contribution in [0.5, 0.6) is 0 Å². The summed E-state index contributed by atoms with van der Waals surface area (Å²) >= 11 is 0. The Morgan fingerprint density at radius 3 is 2.28 bits per heavy atom. The number of nitrogens with one attached hydrogen (secondary N) is 1. The number of rotatable bonds is 4. The van der Waals surface area contributed by atoms with E-state index in [-0.39, 0.29) is 4.75 Å². The lowest BCUT2D eigenvalue weighted by Crippen LogP contribution is -2.37. The van der Waals surface area contributed by atoms with Crippen molar-refractivity contribution >= 4 is 10.8 Å². The fourth-order valence-corrected chi connectivity index (χ4v) is 5.80. The van der Waals surface area contributed by atoms with Crippen molar-refractivity contribution in [1.82, 2.24) is 5.32 Å². The molecule has 2 aliphatic rings. The fourth-order valence-electron chi connectivity index (χ4n) is 3.93. The first-order chi connectivity index (χ1) is 12.1. The van der Waals surface area contributed by atoms with Gasteiger partial charge in [0, 0.05) is 16.5 Å². The summed E-state index contributed by atoms with van der Waals surface area (Å²) in [4.78, 5) is 0.808. The molecule has 0 aromatic heterocycles. The molecule has 0 amide bonds. The highest BCUT2D eigenvalue weighted by atomic mass is 32.2. The van der Waals surface area contributed by atoms with Crippen molar-refractivity contribution in [3.8, 4) is 11.1 Å². The smallest absolute Gasteiger partial charge is 0.133 e. The van der Waals surface area contributed by atoms with E-state index in [1.807, 2.05) is 12.1 Å². The van der Waals surface area contributed by atoms with Crippen molar-refractivity contribution in [2.45, 2.75) is 35.3 Å². The van der Waals surface area contributed by atoms with Gasteiger partial charge in [-0.15, -0.1) is 0 Å². The minimum Gasteiger partial charge on any atom is -0.317 e. The van der Waals surface area contributed by atoms with Crippen LogP contribution in [-0.2, 0) is 10.8 Å². The van der Waals surface area contributed by atoms with Crippen LogP contribution >= 0.6 is 0 Å². The Kier molecular flexibility index (Phi) is 4.46. The van der Waals surface area contributed by atoms with Crippen molar-refractivity contribution in [3.63, 3.8) is 0 Å². The largest absolute Gasteiger partial charge is 0.317 e. The normalized spacial score (nSPS) is 21.0. The zero-order chi connectivity index (χ0) is 17.4. The molecule has 1 heterocycles. The van der Waals surface area contributed by atoms with Crippen LogP contribution in [0.2, 0.25) is 0 Å². The van der Waals surface area contributed by atoms with E-state index in [0.29, 0.717) is 17.0 Å². The molecule has 1 saturated carbocycles. The summed E-state index contributed by atoms with van der Waals surface area (Å²) in [5, 5.41) is 3.37. The Balaban J connectivity index is 1.57. The molecule has 0 radical (unpaired) electrons. The highest BCUT2D eigenvalue weighted by Gasteiger charge is 2.54. The van der Waals surface area contributed by atoms with E-state index >= 15 is 0 Å². The Bertz CT molecular complexity index is 796. The maximum atomic E-state index is 13.9. The second-order valence-corrected chi connectivity index (χ2v) is 8.83. The van der Waals surface area contributed by atoms with Crippen LogP contribution in [0.15, 0.2) is 47.4 Å². The van der Waals surface area contributed by atoms with Gasteiger partial charge in [0.25, 0.3) is 0 Å². The molecule has 25 heavy (non-hydrogen) atoms. The third kappa shape index (κ3) is 3.15. The Morgan fingerprint density at radius 1 is 1.00 bits per heavy atom. The van der Waals surface area contributed by atoms with E-state index in [9.17, 15) is 13.0 Å². The molecule has 4 rings (SSSR count). The zero-order valence-electron chi connectivity index (χ0n) is 13.9. The zero-order valence-corrected chi connectivity index (χ0v) is 14.8. The van der Waals surface area contributed by atoms with E-state index in [1.165, 1.54) is 12.1 Å². The first-order valence-electron chi connectivity index (χ1n) is 8.78. The summed E-state index contributed by atoms with van der Waals surface area (Å²) in [6, 6.07) is 10.8. The molecule has 0 bridgehead atoms. The van der Waals surface area contributed by atoms with Gasteiger partial charge in [-0.3, -0.25) is 4.21 Å². The van der Waals surface area contributed by atoms with E-state index < -0.39 is 22.4 Å². The number of benzene rings is 2. The van der Waals surface area contributed by atoms with Gasteiger partial charge in [0.15, 0.2) is 0 Å². The van der Waals surface area contributed by atoms with Crippen LogP contribution < -0.4 is 5.32 Å². The predicted molar refractivity (Wildman–Crippen MR) is 95.8 cm³/mol. The number of halogens is 2. The van der Waals surface area contributed by atoms with Gasteiger partial charge in [-0.05, 0) is 74.5 Å². The first-order valence-corrected chi connectivity index (χ1v) is 9.93. The standard InChI is InChI=1S/C20H21F2NOS/c21-16-3-6-18(19(22)13-16)14-1-4-17(5-2-14)25(24)20(9-10-20)15-7-11-23-12-8-15/h1-6,13,15,23H,7-12H2. The second-order valence-electron chi connectivity index (χ2n) is 7.01. The Labute approximate surface area is 149 Å². The number of hydrogen-bond acceptors (Lipinski definition) is 2. The lowest BCUT2D eigenvalue weighted by atomic mass is 9.92. The maximum absolute atomic E-state index is 13.9. The monoisotopic (exact) mass is 361 g/mol. The van der Waals surface area contributed by atoms with Gasteiger partial charge in [0.05, 0.1) is 15.5 Å². The van der Waals surface area contributed by atoms with Crippen LogP contribution in [0.3, 0.4) is 0 Å². The Morgan fingerprint density at radius 2 is 1.68 bits per heavy atom. The molecule has 2 fully saturated rings. The van der Waals surface area contributed by atoms with Crippen LogP contribution in [0, 0.1) is 17.6 Å². The molecule has 2 aromatic carbocycles. The average Bonchev–Trinajstić information content (AvgIpc) is 3.44. The lowest BCUT2D eigenvalue weighted by Gasteiger charge is -2.30. The summed E-state index contributed by atoms with van der Waals surface area (Å²) in [5.41, 5.74) is 1.03. The minimum atomic E-state index is -1.04. The van der Waals surface area contributed by atoms with Crippen molar-refractivity contribution < 1.29 is 13.0 Å². The fraction of sp³-hybridized carbons (Fsp3) is 0.400. The molecule has 132 valence electrons. The summed E-state index contributed by atoms with van der Waals surface area (Å²) in [7, 11) is -1.04. The summed E-state index contributed by atoms with van der Waals surface area (Å²) < 4.78 is 40.1. The van der Waals surface area contributed by atoms with Gasteiger partial charge in [-0.1, -0.05) is 12.1 Å². The van der Waals surface area contributed by atoms with Gasteiger partial charge in [-0.2, -0.15) is 0 Å². The molecule has 1 saturated heterocycles. The van der Waals surface area contributed by atoms with Crippen molar-refractivity contribution in [2.75, 3.05) is 13.1 Å². The molecule has 1 aliphatic carbocycles. The number of piperidine rings is 1.